The molecule has 0 unspecified atom stereocenters. The van der Waals surface area contributed by atoms with Gasteiger partial charge in [-0.2, -0.15) is 10.2 Å². The van der Waals surface area contributed by atoms with Gasteiger partial charge in [0.25, 0.3) is 5.91 Å². The molecule has 1 aromatic carbocycles. The van der Waals surface area contributed by atoms with Crippen molar-refractivity contribution < 1.29 is 14.3 Å². The van der Waals surface area contributed by atoms with E-state index in [1.807, 2.05) is 36.1 Å². The monoisotopic (exact) mass is 458 g/mol. The lowest BCUT2D eigenvalue weighted by Crippen LogP contribution is -2.49. The van der Waals surface area contributed by atoms with Gasteiger partial charge < -0.3 is 14.8 Å². The second-order valence-corrected chi connectivity index (χ2v) is 10.4. The molecule has 1 N–H and O–H groups in total. The number of aromatic nitrogens is 5. The molecule has 1 amide bonds. The third-order valence-corrected chi connectivity index (χ3v) is 7.51. The summed E-state index contributed by atoms with van der Waals surface area (Å²) in [6.07, 6.45) is 12.5. The number of aryl methyl sites for hydroxylation is 1. The Balaban J connectivity index is 1.26. The number of fused-ring (bicyclic) bond motifs is 3. The fraction of sp³-hybridized carbons (Fsp3) is 0.440. The maximum atomic E-state index is 13.4. The molecule has 0 spiro atoms. The molecule has 8 rings (SSSR count). The summed E-state index contributed by atoms with van der Waals surface area (Å²) in [7, 11) is 0. The van der Waals surface area contributed by atoms with E-state index in [0.717, 1.165) is 48.6 Å². The molecule has 4 aromatic rings. The van der Waals surface area contributed by atoms with Gasteiger partial charge in [-0.3, -0.25) is 9.48 Å². The van der Waals surface area contributed by atoms with Crippen LogP contribution in [-0.4, -0.2) is 48.6 Å². The Bertz CT molecular complexity index is 1460. The van der Waals surface area contributed by atoms with E-state index >= 15 is 0 Å². The normalized spacial score (nSPS) is 25.9. The van der Waals surface area contributed by atoms with Crippen molar-refractivity contribution in [2.45, 2.75) is 63.2 Å². The molecule has 3 aromatic heterocycles. The average Bonchev–Trinajstić information content (AvgIpc) is 3.51. The number of anilines is 1. The first-order chi connectivity index (χ1) is 16.4. The van der Waals surface area contributed by atoms with Crippen LogP contribution < -0.4 is 10.1 Å². The van der Waals surface area contributed by atoms with E-state index in [0.29, 0.717) is 29.3 Å². The molecule has 34 heavy (non-hydrogen) atoms. The quantitative estimate of drug-likeness (QED) is 0.488. The zero-order valence-corrected chi connectivity index (χ0v) is 19.2. The minimum atomic E-state index is -0.250. The SMILES string of the molecule is Cc1cnc2c(NC(=O)c3cc4cn(C56COC(C)(C5)C6)nc4cc3OC3CCC3)cnn2c1. The van der Waals surface area contributed by atoms with Crippen molar-refractivity contribution in [2.75, 3.05) is 11.9 Å². The van der Waals surface area contributed by atoms with Crippen molar-refractivity contribution in [3.8, 4) is 5.75 Å². The molecule has 4 fully saturated rings. The standard InChI is InChI=1S/C25H26N6O3/c1-15-8-26-22-20(9-27-30(22)10-15)28-23(32)18-6-16-11-31(25-12-24(2,13-25)33-14-25)29-19(16)7-21(18)34-17-4-3-5-17/h6-11,17H,3-5,12-14H2,1-2H3,(H,28,32). The molecule has 2 bridgehead atoms. The van der Waals surface area contributed by atoms with Crippen LogP contribution >= 0.6 is 0 Å². The maximum absolute atomic E-state index is 13.4. The van der Waals surface area contributed by atoms with Crippen molar-refractivity contribution in [2.24, 2.45) is 0 Å². The first-order valence-corrected chi connectivity index (χ1v) is 11.9. The van der Waals surface area contributed by atoms with Gasteiger partial charge in [0.15, 0.2) is 5.65 Å². The first kappa shape index (κ1) is 20.0. The highest BCUT2D eigenvalue weighted by Gasteiger charge is 2.61. The molecule has 9 nitrogen and oxygen atoms in total. The van der Waals surface area contributed by atoms with Crippen LogP contribution in [0.25, 0.3) is 16.6 Å². The van der Waals surface area contributed by atoms with E-state index in [2.05, 4.69) is 22.3 Å². The molecular formula is C25H26N6O3. The van der Waals surface area contributed by atoms with Crippen molar-refractivity contribution in [3.63, 3.8) is 0 Å². The van der Waals surface area contributed by atoms with Crippen molar-refractivity contribution in [1.82, 2.24) is 24.4 Å². The predicted octanol–water partition coefficient (Wildman–Crippen LogP) is 3.85. The Morgan fingerprint density at radius 3 is 2.82 bits per heavy atom. The van der Waals surface area contributed by atoms with Crippen molar-refractivity contribution in [3.05, 3.63) is 48.0 Å². The third kappa shape index (κ3) is 2.96. The average molecular weight is 459 g/mol. The van der Waals surface area contributed by atoms with E-state index in [-0.39, 0.29) is 23.2 Å². The Hall–Kier alpha value is -3.46. The van der Waals surface area contributed by atoms with Gasteiger partial charge in [0, 0.05) is 42.9 Å². The zero-order chi connectivity index (χ0) is 23.1. The van der Waals surface area contributed by atoms with Gasteiger partial charge in [-0.15, -0.1) is 0 Å². The number of carbonyl (C=O) groups excluding carboxylic acids is 1. The second kappa shape index (κ2) is 6.79. The molecule has 2 saturated carbocycles. The van der Waals surface area contributed by atoms with Crippen LogP contribution in [0.3, 0.4) is 0 Å². The number of nitrogens with one attached hydrogen (secondary N) is 1. The molecule has 2 aliphatic carbocycles. The van der Waals surface area contributed by atoms with Crippen LogP contribution in [0.2, 0.25) is 0 Å². The smallest absolute Gasteiger partial charge is 0.259 e. The number of benzene rings is 1. The van der Waals surface area contributed by atoms with Crippen LogP contribution in [0.1, 0.15) is 54.9 Å². The highest BCUT2D eigenvalue weighted by atomic mass is 16.5. The summed E-state index contributed by atoms with van der Waals surface area (Å²) in [5, 5.41) is 13.1. The molecule has 0 radical (unpaired) electrons. The van der Waals surface area contributed by atoms with E-state index < -0.39 is 0 Å². The maximum Gasteiger partial charge on any atom is 0.259 e. The first-order valence-electron chi connectivity index (χ1n) is 11.9. The number of carbonyl (C=O) groups is 1. The summed E-state index contributed by atoms with van der Waals surface area (Å²) < 4.78 is 15.9. The number of hydrogen-bond acceptors (Lipinski definition) is 6. The van der Waals surface area contributed by atoms with Crippen molar-refractivity contribution >= 4 is 28.1 Å². The lowest BCUT2D eigenvalue weighted by Gasteiger charge is -2.42. The fourth-order valence-corrected chi connectivity index (χ4v) is 5.57. The number of hydrogen-bond donors (Lipinski definition) is 1. The Kier molecular flexibility index (Phi) is 3.98. The lowest BCUT2D eigenvalue weighted by molar-refractivity contribution is 0.00383. The second-order valence-electron chi connectivity index (χ2n) is 10.4. The summed E-state index contributed by atoms with van der Waals surface area (Å²) in [6, 6.07) is 3.79. The number of nitrogens with zero attached hydrogens (tertiary/aromatic N) is 5. The van der Waals surface area contributed by atoms with Gasteiger partial charge in [-0.25, -0.2) is 9.50 Å². The molecule has 5 heterocycles. The van der Waals surface area contributed by atoms with Gasteiger partial charge in [0.1, 0.15) is 11.4 Å². The molecule has 0 atom stereocenters. The molecule has 174 valence electrons. The summed E-state index contributed by atoms with van der Waals surface area (Å²) in [5.41, 5.74) is 3.37. The lowest BCUT2D eigenvalue weighted by atomic mass is 9.69. The van der Waals surface area contributed by atoms with Gasteiger partial charge in [0.2, 0.25) is 0 Å². The Morgan fingerprint density at radius 2 is 2.09 bits per heavy atom. The predicted molar refractivity (Wildman–Crippen MR) is 125 cm³/mol. The van der Waals surface area contributed by atoms with Crippen LogP contribution in [0.5, 0.6) is 5.75 Å². The van der Waals surface area contributed by atoms with Gasteiger partial charge in [-0.05, 0) is 44.7 Å². The van der Waals surface area contributed by atoms with Gasteiger partial charge >= 0.3 is 0 Å². The fourth-order valence-electron chi connectivity index (χ4n) is 5.57. The van der Waals surface area contributed by atoms with Crippen molar-refractivity contribution in [1.29, 1.82) is 0 Å². The van der Waals surface area contributed by atoms with Crippen LogP contribution in [0.15, 0.2) is 36.9 Å². The van der Waals surface area contributed by atoms with E-state index in [1.54, 1.807) is 16.9 Å². The number of ether oxygens (including phenoxy) is 2. The largest absolute Gasteiger partial charge is 0.490 e. The van der Waals surface area contributed by atoms with E-state index in [9.17, 15) is 4.79 Å². The molecule has 4 aliphatic rings. The van der Waals surface area contributed by atoms with E-state index in [4.69, 9.17) is 14.6 Å². The molecule has 2 saturated heterocycles. The molecule has 2 aliphatic heterocycles. The summed E-state index contributed by atoms with van der Waals surface area (Å²) >= 11 is 0. The van der Waals surface area contributed by atoms with Crippen LogP contribution in [0, 0.1) is 6.92 Å². The van der Waals surface area contributed by atoms with Gasteiger partial charge in [-0.1, -0.05) is 0 Å². The molecular weight excluding hydrogens is 432 g/mol. The minimum absolute atomic E-state index is 0.0252. The third-order valence-electron chi connectivity index (χ3n) is 7.51. The number of amides is 1. The van der Waals surface area contributed by atoms with E-state index in [1.165, 1.54) is 0 Å². The number of rotatable bonds is 5. The highest BCUT2D eigenvalue weighted by Crippen LogP contribution is 2.55. The summed E-state index contributed by atoms with van der Waals surface area (Å²) in [6.45, 7) is 4.79. The van der Waals surface area contributed by atoms with Crippen LogP contribution in [-0.2, 0) is 10.3 Å². The molecule has 9 heteroatoms. The summed E-state index contributed by atoms with van der Waals surface area (Å²) in [5.74, 6) is 0.318. The zero-order valence-electron chi connectivity index (χ0n) is 19.2. The Labute approximate surface area is 196 Å². The minimum Gasteiger partial charge on any atom is -0.490 e. The van der Waals surface area contributed by atoms with Gasteiger partial charge in [0.05, 0.1) is 41.1 Å². The topological polar surface area (TPSA) is 95.6 Å². The highest BCUT2D eigenvalue weighted by molar-refractivity contribution is 6.09. The van der Waals surface area contributed by atoms with Crippen LogP contribution in [0.4, 0.5) is 5.69 Å². The Morgan fingerprint density at radius 1 is 1.24 bits per heavy atom. The summed E-state index contributed by atoms with van der Waals surface area (Å²) in [4.78, 5) is 17.9.